The zero-order valence-electron chi connectivity index (χ0n) is 10.0. The van der Waals surface area contributed by atoms with Crippen molar-refractivity contribution in [1.82, 2.24) is 4.98 Å². The molecule has 94 valence electrons. The highest BCUT2D eigenvalue weighted by atomic mass is 16.5. The number of hydrogen-bond acceptors (Lipinski definition) is 3. The smallest absolute Gasteiger partial charge is 0.329 e. The van der Waals surface area contributed by atoms with E-state index in [0.29, 0.717) is 6.61 Å². The number of fused-ring (bicyclic) bond motifs is 1. The second-order valence-corrected chi connectivity index (χ2v) is 4.04. The van der Waals surface area contributed by atoms with Crippen molar-refractivity contribution < 1.29 is 14.6 Å². The Morgan fingerprint density at radius 3 is 2.94 bits per heavy atom. The molecule has 0 radical (unpaired) electrons. The molecule has 0 saturated carbocycles. The second kappa shape index (κ2) is 6.12. The van der Waals surface area contributed by atoms with Gasteiger partial charge in [0.25, 0.3) is 0 Å². The molecule has 0 saturated heterocycles. The summed E-state index contributed by atoms with van der Waals surface area (Å²) in [6.45, 7) is 0.236. The predicted molar refractivity (Wildman–Crippen MR) is 68.5 cm³/mol. The van der Waals surface area contributed by atoms with E-state index in [1.807, 2.05) is 24.3 Å². The molecule has 1 aromatic heterocycles. The summed E-state index contributed by atoms with van der Waals surface area (Å²) in [6.07, 6.45) is 3.47. The molecule has 0 unspecified atom stereocenters. The lowest BCUT2D eigenvalue weighted by atomic mass is 10.1. The van der Waals surface area contributed by atoms with Gasteiger partial charge in [-0.3, -0.25) is 4.98 Å². The fourth-order valence-corrected chi connectivity index (χ4v) is 1.90. The molecule has 1 heterocycles. The van der Waals surface area contributed by atoms with Gasteiger partial charge in [0.2, 0.25) is 0 Å². The molecule has 0 amide bonds. The van der Waals surface area contributed by atoms with Crippen molar-refractivity contribution in [2.24, 2.45) is 0 Å². The number of aryl methyl sites for hydroxylation is 1. The summed E-state index contributed by atoms with van der Waals surface area (Å²) in [4.78, 5) is 14.6. The molecule has 0 aliphatic carbocycles. The summed E-state index contributed by atoms with van der Waals surface area (Å²) < 4.78 is 5.01. The third-order valence-corrected chi connectivity index (χ3v) is 2.70. The number of aliphatic carboxylic acids is 1. The van der Waals surface area contributed by atoms with Crippen molar-refractivity contribution in [3.8, 4) is 0 Å². The summed E-state index contributed by atoms with van der Waals surface area (Å²) in [5.41, 5.74) is 2.21. The van der Waals surface area contributed by atoms with Crippen molar-refractivity contribution in [3.05, 3.63) is 42.1 Å². The first kappa shape index (κ1) is 12.5. The molecule has 2 aromatic rings. The van der Waals surface area contributed by atoms with Crippen LogP contribution in [0.5, 0.6) is 0 Å². The topological polar surface area (TPSA) is 59.4 Å². The molecule has 0 aliphatic rings. The van der Waals surface area contributed by atoms with Crippen LogP contribution in [0.15, 0.2) is 36.5 Å². The lowest BCUT2D eigenvalue weighted by Gasteiger charge is -2.05. The largest absolute Gasteiger partial charge is 0.480 e. The minimum Gasteiger partial charge on any atom is -0.480 e. The van der Waals surface area contributed by atoms with E-state index in [4.69, 9.17) is 9.84 Å². The molecule has 4 heteroatoms. The number of nitrogens with zero attached hydrogens (tertiary/aromatic N) is 1. The van der Waals surface area contributed by atoms with Gasteiger partial charge in [0.05, 0.1) is 5.52 Å². The Morgan fingerprint density at radius 1 is 1.28 bits per heavy atom. The fraction of sp³-hybridized carbons (Fsp3) is 0.286. The minimum absolute atomic E-state index is 0.225. The Hall–Kier alpha value is -1.94. The highest BCUT2D eigenvalue weighted by Crippen LogP contribution is 2.17. The van der Waals surface area contributed by atoms with Gasteiger partial charge in [0.15, 0.2) is 0 Å². The number of rotatable bonds is 6. The predicted octanol–water partition coefficient (Wildman–Crippen LogP) is 2.27. The lowest BCUT2D eigenvalue weighted by molar-refractivity contribution is -0.142. The summed E-state index contributed by atoms with van der Waals surface area (Å²) in [7, 11) is 0. The summed E-state index contributed by atoms with van der Waals surface area (Å²) >= 11 is 0. The number of carboxylic acids is 1. The summed E-state index contributed by atoms with van der Waals surface area (Å²) in [5, 5.41) is 9.59. The monoisotopic (exact) mass is 245 g/mol. The van der Waals surface area contributed by atoms with Gasteiger partial charge < -0.3 is 9.84 Å². The molecule has 18 heavy (non-hydrogen) atoms. The normalized spacial score (nSPS) is 10.7. The maximum atomic E-state index is 10.3. The minimum atomic E-state index is -0.927. The average Bonchev–Trinajstić information content (AvgIpc) is 2.38. The Labute approximate surface area is 105 Å². The van der Waals surface area contributed by atoms with E-state index in [1.54, 1.807) is 6.20 Å². The van der Waals surface area contributed by atoms with Crippen molar-refractivity contribution in [1.29, 1.82) is 0 Å². The Bertz CT molecular complexity index is 534. The van der Waals surface area contributed by atoms with E-state index >= 15 is 0 Å². The standard InChI is InChI=1S/C14H15NO3/c16-14(17)10-18-9-3-4-11-7-8-15-13-6-2-1-5-12(11)13/h1-2,5-8H,3-4,9-10H2,(H,16,17). The van der Waals surface area contributed by atoms with Crippen molar-refractivity contribution in [3.63, 3.8) is 0 Å². The van der Waals surface area contributed by atoms with Gasteiger partial charge in [-0.1, -0.05) is 18.2 Å². The van der Waals surface area contributed by atoms with Crippen LogP contribution in [0.2, 0.25) is 0 Å². The maximum Gasteiger partial charge on any atom is 0.329 e. The summed E-state index contributed by atoms with van der Waals surface area (Å²) in [5.74, 6) is -0.927. The number of para-hydroxylation sites is 1. The van der Waals surface area contributed by atoms with E-state index in [-0.39, 0.29) is 6.61 Å². The number of carboxylic acid groups (broad SMARTS) is 1. The molecule has 0 spiro atoms. The molecule has 0 bridgehead atoms. The van der Waals surface area contributed by atoms with Gasteiger partial charge in [-0.05, 0) is 30.5 Å². The van der Waals surface area contributed by atoms with Crippen molar-refractivity contribution in [2.75, 3.05) is 13.2 Å². The van der Waals surface area contributed by atoms with Crippen LogP contribution in [0.1, 0.15) is 12.0 Å². The van der Waals surface area contributed by atoms with Crippen LogP contribution in [-0.2, 0) is 16.0 Å². The Morgan fingerprint density at radius 2 is 2.11 bits per heavy atom. The van der Waals surface area contributed by atoms with Gasteiger partial charge in [-0.2, -0.15) is 0 Å². The molecule has 0 atom stereocenters. The van der Waals surface area contributed by atoms with E-state index in [2.05, 4.69) is 11.1 Å². The Kier molecular flexibility index (Phi) is 4.25. The zero-order chi connectivity index (χ0) is 12.8. The number of carbonyl (C=O) groups is 1. The highest BCUT2D eigenvalue weighted by Gasteiger charge is 2.01. The molecule has 1 aromatic carbocycles. The first-order chi connectivity index (χ1) is 8.77. The van der Waals surface area contributed by atoms with Crippen molar-refractivity contribution >= 4 is 16.9 Å². The van der Waals surface area contributed by atoms with E-state index < -0.39 is 5.97 Å². The Balaban J connectivity index is 1.93. The fourth-order valence-electron chi connectivity index (χ4n) is 1.90. The number of ether oxygens (including phenoxy) is 1. The van der Waals surface area contributed by atoms with Gasteiger partial charge in [-0.15, -0.1) is 0 Å². The van der Waals surface area contributed by atoms with Gasteiger partial charge >= 0.3 is 5.97 Å². The van der Waals surface area contributed by atoms with Crippen LogP contribution in [0.3, 0.4) is 0 Å². The van der Waals surface area contributed by atoms with Crippen LogP contribution in [-0.4, -0.2) is 29.3 Å². The molecule has 2 rings (SSSR count). The quantitative estimate of drug-likeness (QED) is 0.793. The molecule has 0 fully saturated rings. The third-order valence-electron chi connectivity index (χ3n) is 2.70. The van der Waals surface area contributed by atoms with Crippen LogP contribution in [0, 0.1) is 0 Å². The van der Waals surface area contributed by atoms with Gasteiger partial charge in [-0.25, -0.2) is 4.79 Å². The lowest BCUT2D eigenvalue weighted by Crippen LogP contribution is -2.08. The number of benzene rings is 1. The highest BCUT2D eigenvalue weighted by molar-refractivity contribution is 5.81. The average molecular weight is 245 g/mol. The van der Waals surface area contributed by atoms with E-state index in [0.717, 1.165) is 23.7 Å². The van der Waals surface area contributed by atoms with Gasteiger partial charge in [0, 0.05) is 18.2 Å². The second-order valence-electron chi connectivity index (χ2n) is 4.04. The molecular formula is C14H15NO3. The molecule has 4 nitrogen and oxygen atoms in total. The van der Waals surface area contributed by atoms with Crippen LogP contribution in [0.4, 0.5) is 0 Å². The molecular weight excluding hydrogens is 230 g/mol. The molecule has 1 N–H and O–H groups in total. The van der Waals surface area contributed by atoms with Crippen molar-refractivity contribution in [2.45, 2.75) is 12.8 Å². The number of aromatic nitrogens is 1. The van der Waals surface area contributed by atoms with Crippen LogP contribution < -0.4 is 0 Å². The van der Waals surface area contributed by atoms with Crippen LogP contribution >= 0.6 is 0 Å². The first-order valence-corrected chi connectivity index (χ1v) is 5.89. The molecule has 0 aliphatic heterocycles. The van der Waals surface area contributed by atoms with E-state index in [9.17, 15) is 4.79 Å². The number of pyridine rings is 1. The maximum absolute atomic E-state index is 10.3. The summed E-state index contributed by atoms with van der Waals surface area (Å²) in [6, 6.07) is 10.00. The van der Waals surface area contributed by atoms with Crippen LogP contribution in [0.25, 0.3) is 10.9 Å². The van der Waals surface area contributed by atoms with Gasteiger partial charge in [0.1, 0.15) is 6.61 Å². The third kappa shape index (κ3) is 3.28. The first-order valence-electron chi connectivity index (χ1n) is 5.89. The van der Waals surface area contributed by atoms with E-state index in [1.165, 1.54) is 5.56 Å². The SMILES string of the molecule is O=C(O)COCCCc1ccnc2ccccc12. The number of hydrogen-bond donors (Lipinski definition) is 1. The zero-order valence-corrected chi connectivity index (χ0v) is 10.0.